The highest BCUT2D eigenvalue weighted by atomic mass is 16.5. The molecule has 3 heteroatoms. The maximum atomic E-state index is 5.36. The first-order valence-electron chi connectivity index (χ1n) is 9.76. The smallest absolute Gasteiger partial charge is 0.0713 e. The molecule has 0 amide bonds. The Morgan fingerprint density at radius 2 is 1.92 bits per heavy atom. The van der Waals surface area contributed by atoms with Crippen LogP contribution in [0.1, 0.15) is 41.3 Å². The summed E-state index contributed by atoms with van der Waals surface area (Å²) in [5, 5.41) is 1.46. The highest BCUT2D eigenvalue weighted by molar-refractivity contribution is 5.87. The van der Waals surface area contributed by atoms with Gasteiger partial charge in [0.2, 0.25) is 0 Å². The topological polar surface area (TPSA) is 17.4 Å². The minimum Gasteiger partial charge on any atom is -0.380 e. The van der Waals surface area contributed by atoms with Gasteiger partial charge >= 0.3 is 0 Å². The normalized spacial score (nSPS) is 19.7. The predicted molar refractivity (Wildman–Crippen MR) is 105 cm³/mol. The molecule has 0 unspecified atom stereocenters. The van der Waals surface area contributed by atoms with Crippen LogP contribution >= 0.6 is 0 Å². The Balaban J connectivity index is 1.56. The van der Waals surface area contributed by atoms with E-state index in [1.807, 2.05) is 0 Å². The van der Waals surface area contributed by atoms with Crippen molar-refractivity contribution in [2.24, 2.45) is 0 Å². The van der Waals surface area contributed by atoms with Gasteiger partial charge in [-0.05, 0) is 48.1 Å². The second-order valence-corrected chi connectivity index (χ2v) is 7.66. The fourth-order valence-corrected chi connectivity index (χ4v) is 4.99. The summed E-state index contributed by atoms with van der Waals surface area (Å²) in [4.78, 5) is 2.70. The van der Waals surface area contributed by atoms with Crippen LogP contribution < -0.4 is 0 Å². The summed E-state index contributed by atoms with van der Waals surface area (Å²) in [6.07, 6.45) is 3.78. The van der Waals surface area contributed by atoms with Crippen LogP contribution in [0.25, 0.3) is 10.9 Å². The molecule has 3 nitrogen and oxygen atoms in total. The molecular weight excluding hydrogens is 320 g/mol. The van der Waals surface area contributed by atoms with Gasteiger partial charge in [0.15, 0.2) is 0 Å². The number of methoxy groups -OCH3 is 1. The molecule has 0 saturated heterocycles. The number of rotatable bonds is 4. The first-order valence-corrected chi connectivity index (χ1v) is 9.76. The highest BCUT2D eigenvalue weighted by Gasteiger charge is 2.34. The maximum absolute atomic E-state index is 5.36. The van der Waals surface area contributed by atoms with Crippen LogP contribution in [0.5, 0.6) is 0 Å². The first kappa shape index (κ1) is 16.1. The molecule has 1 atom stereocenters. The van der Waals surface area contributed by atoms with Crippen molar-refractivity contribution in [3.05, 3.63) is 70.9 Å². The number of nitrogens with zero attached hydrogens (tertiary/aromatic N) is 2. The molecule has 0 spiro atoms. The third-order valence-electron chi connectivity index (χ3n) is 6.09. The minimum absolute atomic E-state index is 0.561. The monoisotopic (exact) mass is 346 g/mol. The van der Waals surface area contributed by atoms with Crippen molar-refractivity contribution < 1.29 is 4.74 Å². The summed E-state index contributed by atoms with van der Waals surface area (Å²) in [6, 6.07) is 18.4. The molecule has 1 aliphatic heterocycles. The largest absolute Gasteiger partial charge is 0.380 e. The van der Waals surface area contributed by atoms with Crippen LogP contribution in [0.3, 0.4) is 0 Å². The molecule has 0 radical (unpaired) electrons. The molecule has 1 aliphatic carbocycles. The Bertz CT molecular complexity index is 928. The molecule has 0 saturated carbocycles. The fourth-order valence-electron chi connectivity index (χ4n) is 4.99. The summed E-state index contributed by atoms with van der Waals surface area (Å²) in [5.74, 6) is 0. The predicted octanol–water partition coefficient (Wildman–Crippen LogP) is 4.68. The van der Waals surface area contributed by atoms with Crippen molar-refractivity contribution >= 4 is 10.9 Å². The van der Waals surface area contributed by atoms with Crippen molar-refractivity contribution in [3.8, 4) is 0 Å². The van der Waals surface area contributed by atoms with E-state index < -0.39 is 0 Å². The number of hydrogen-bond acceptors (Lipinski definition) is 2. The third kappa shape index (κ3) is 2.58. The number of aromatic nitrogens is 1. The van der Waals surface area contributed by atoms with E-state index in [0.29, 0.717) is 12.6 Å². The molecule has 0 fully saturated rings. The van der Waals surface area contributed by atoms with Crippen LogP contribution in [-0.2, 0) is 30.9 Å². The van der Waals surface area contributed by atoms with Crippen molar-refractivity contribution in [1.29, 1.82) is 0 Å². The molecule has 134 valence electrons. The molecular formula is C23H26N2O. The van der Waals surface area contributed by atoms with E-state index in [1.54, 1.807) is 18.4 Å². The van der Waals surface area contributed by atoms with Gasteiger partial charge in [-0.25, -0.2) is 0 Å². The van der Waals surface area contributed by atoms with Gasteiger partial charge in [0.05, 0.1) is 12.6 Å². The number of ether oxygens (including phenoxy) is 1. The van der Waals surface area contributed by atoms with E-state index in [4.69, 9.17) is 4.74 Å². The van der Waals surface area contributed by atoms with Gasteiger partial charge in [-0.15, -0.1) is 0 Å². The molecule has 5 rings (SSSR count). The van der Waals surface area contributed by atoms with Gasteiger partial charge in [-0.2, -0.15) is 0 Å². The molecule has 2 aromatic carbocycles. The Labute approximate surface area is 155 Å². The zero-order valence-corrected chi connectivity index (χ0v) is 15.4. The number of fused-ring (bicyclic) bond motifs is 3. The standard InChI is InChI=1S/C23H26N2O/c1-26-16-18-10-11-21-20(14-18)19-8-5-9-22-23(19)25(21)13-12-24(22)15-17-6-3-2-4-7-17/h2-4,6-7,10-11,14,22H,5,8-9,12-13,15-16H2,1H3/t22-/m1/s1. The van der Waals surface area contributed by atoms with E-state index in [2.05, 4.69) is 58.0 Å². The van der Waals surface area contributed by atoms with Crippen molar-refractivity contribution in [2.75, 3.05) is 13.7 Å². The average Bonchev–Trinajstić information content (AvgIpc) is 3.00. The SMILES string of the molecule is COCc1ccc2c(c1)c1c3n2CCN(Cc2ccccc2)[C@@H]3CCC1. The molecule has 2 heterocycles. The van der Waals surface area contributed by atoms with Gasteiger partial charge in [0.1, 0.15) is 0 Å². The van der Waals surface area contributed by atoms with Crippen LogP contribution in [0.15, 0.2) is 48.5 Å². The minimum atomic E-state index is 0.561. The van der Waals surface area contributed by atoms with Crippen LogP contribution in [0.4, 0.5) is 0 Å². The molecule has 1 aromatic heterocycles. The summed E-state index contributed by atoms with van der Waals surface area (Å²) >= 11 is 0. The molecule has 0 bridgehead atoms. The number of benzene rings is 2. The maximum Gasteiger partial charge on any atom is 0.0713 e. The Morgan fingerprint density at radius 1 is 1.04 bits per heavy atom. The zero-order valence-electron chi connectivity index (χ0n) is 15.4. The van der Waals surface area contributed by atoms with E-state index >= 15 is 0 Å². The molecule has 0 N–H and O–H groups in total. The van der Waals surface area contributed by atoms with Gasteiger partial charge in [0, 0.05) is 43.3 Å². The lowest BCUT2D eigenvalue weighted by Crippen LogP contribution is -2.39. The van der Waals surface area contributed by atoms with E-state index in [1.165, 1.54) is 41.3 Å². The van der Waals surface area contributed by atoms with Gasteiger partial charge in [0.25, 0.3) is 0 Å². The van der Waals surface area contributed by atoms with Crippen molar-refractivity contribution in [1.82, 2.24) is 9.47 Å². The Morgan fingerprint density at radius 3 is 2.77 bits per heavy atom. The lowest BCUT2D eigenvalue weighted by atomic mass is 9.89. The summed E-state index contributed by atoms with van der Waals surface area (Å²) in [7, 11) is 1.77. The van der Waals surface area contributed by atoms with E-state index in [0.717, 1.165) is 19.6 Å². The van der Waals surface area contributed by atoms with Gasteiger partial charge < -0.3 is 9.30 Å². The number of aryl methyl sites for hydroxylation is 1. The summed E-state index contributed by atoms with van der Waals surface area (Å²) in [6.45, 7) is 3.98. The summed E-state index contributed by atoms with van der Waals surface area (Å²) in [5.41, 5.74) is 7.30. The first-order chi connectivity index (χ1) is 12.8. The van der Waals surface area contributed by atoms with E-state index in [9.17, 15) is 0 Å². The van der Waals surface area contributed by atoms with Crippen molar-refractivity contribution in [2.45, 2.75) is 45.0 Å². The van der Waals surface area contributed by atoms with E-state index in [-0.39, 0.29) is 0 Å². The van der Waals surface area contributed by atoms with Crippen LogP contribution in [0, 0.1) is 0 Å². The molecule has 26 heavy (non-hydrogen) atoms. The second kappa shape index (κ2) is 6.57. The third-order valence-corrected chi connectivity index (χ3v) is 6.09. The molecule has 2 aliphatic rings. The van der Waals surface area contributed by atoms with Crippen LogP contribution in [0.2, 0.25) is 0 Å². The highest BCUT2D eigenvalue weighted by Crippen LogP contribution is 2.43. The van der Waals surface area contributed by atoms with Gasteiger partial charge in [-0.1, -0.05) is 36.4 Å². The molecule has 3 aromatic rings. The quantitative estimate of drug-likeness (QED) is 0.682. The fraction of sp³-hybridized carbons (Fsp3) is 0.391. The average molecular weight is 346 g/mol. The van der Waals surface area contributed by atoms with Crippen molar-refractivity contribution in [3.63, 3.8) is 0 Å². The lowest BCUT2D eigenvalue weighted by molar-refractivity contribution is 0.133. The summed E-state index contributed by atoms with van der Waals surface area (Å²) < 4.78 is 7.96. The second-order valence-electron chi connectivity index (χ2n) is 7.66. The zero-order chi connectivity index (χ0) is 17.5. The Kier molecular flexibility index (Phi) is 4.07. The van der Waals surface area contributed by atoms with Gasteiger partial charge in [-0.3, -0.25) is 4.90 Å². The lowest BCUT2D eigenvalue weighted by Gasteiger charge is -2.40. The Hall–Kier alpha value is -2.10. The van der Waals surface area contributed by atoms with Crippen LogP contribution in [-0.4, -0.2) is 23.1 Å². The number of hydrogen-bond donors (Lipinski definition) is 0.